The lowest BCUT2D eigenvalue weighted by Gasteiger charge is -2.05. The van der Waals surface area contributed by atoms with Crippen LogP contribution in [0.25, 0.3) is 21.7 Å². The van der Waals surface area contributed by atoms with E-state index in [1.807, 2.05) is 6.33 Å². The van der Waals surface area contributed by atoms with Crippen LogP contribution in [0.2, 0.25) is 0 Å². The van der Waals surface area contributed by atoms with Crippen LogP contribution >= 0.6 is 0 Å². The van der Waals surface area contributed by atoms with E-state index in [2.05, 4.69) is 60.8 Å². The van der Waals surface area contributed by atoms with Crippen LogP contribution in [0.5, 0.6) is 0 Å². The lowest BCUT2D eigenvalue weighted by molar-refractivity contribution is -0.680. The Bertz CT molecular complexity index is 745. The highest BCUT2D eigenvalue weighted by Gasteiger charge is 2.11. The number of hydrogen-bond donors (Lipinski definition) is 0. The second kappa shape index (κ2) is 4.05. The molecule has 0 aliphatic heterocycles. The molecule has 0 spiro atoms. The first-order valence-corrected chi connectivity index (χ1v) is 6.36. The van der Waals surface area contributed by atoms with Gasteiger partial charge in [0.15, 0.2) is 5.52 Å². The predicted molar refractivity (Wildman–Crippen MR) is 74.5 cm³/mol. The lowest BCUT2D eigenvalue weighted by Crippen LogP contribution is -2.33. The van der Waals surface area contributed by atoms with Gasteiger partial charge >= 0.3 is 0 Å². The molecule has 1 heterocycles. The molecule has 0 unspecified atom stereocenters. The van der Waals surface area contributed by atoms with Crippen molar-refractivity contribution >= 4 is 21.7 Å². The van der Waals surface area contributed by atoms with Gasteiger partial charge in [-0.25, -0.2) is 4.57 Å². The van der Waals surface area contributed by atoms with Crippen molar-refractivity contribution in [2.24, 2.45) is 7.05 Å². The summed E-state index contributed by atoms with van der Waals surface area (Å²) in [5, 5.41) is 3.82. The first-order chi connectivity index (χ1) is 8.69. The van der Waals surface area contributed by atoms with Gasteiger partial charge in [0.1, 0.15) is 5.69 Å². The summed E-state index contributed by atoms with van der Waals surface area (Å²) in [6, 6.07) is 11.0. The van der Waals surface area contributed by atoms with E-state index in [0.717, 1.165) is 11.9 Å². The highest BCUT2D eigenvalue weighted by Crippen LogP contribution is 2.23. The van der Waals surface area contributed by atoms with Crippen molar-refractivity contribution in [1.29, 1.82) is 0 Å². The van der Waals surface area contributed by atoms with E-state index in [4.69, 9.17) is 0 Å². The fourth-order valence-corrected chi connectivity index (χ4v) is 2.59. The standard InChI is InChI=1S/C16H17N2/c1-4-16-14-8-13-7-11(2)5-6-12(13)9-15(14)17-10-18(16)3/h5-10H,4H2,1-3H3/q+1. The van der Waals surface area contributed by atoms with Gasteiger partial charge in [0, 0.05) is 6.42 Å². The number of benzene rings is 2. The molecule has 0 aliphatic carbocycles. The van der Waals surface area contributed by atoms with Crippen LogP contribution in [0.3, 0.4) is 0 Å². The molecule has 3 aromatic rings. The molecule has 2 heteroatoms. The molecule has 0 saturated heterocycles. The van der Waals surface area contributed by atoms with Crippen LogP contribution in [-0.4, -0.2) is 4.98 Å². The van der Waals surface area contributed by atoms with E-state index >= 15 is 0 Å². The van der Waals surface area contributed by atoms with Gasteiger partial charge in [-0.3, -0.25) is 0 Å². The topological polar surface area (TPSA) is 16.8 Å². The van der Waals surface area contributed by atoms with Gasteiger partial charge in [0.05, 0.1) is 12.4 Å². The Morgan fingerprint density at radius 1 is 1.11 bits per heavy atom. The van der Waals surface area contributed by atoms with Gasteiger partial charge in [0.25, 0.3) is 6.33 Å². The molecule has 0 atom stereocenters. The van der Waals surface area contributed by atoms with E-state index in [-0.39, 0.29) is 0 Å². The smallest absolute Gasteiger partial charge is 0.236 e. The molecule has 0 fully saturated rings. The highest BCUT2D eigenvalue weighted by molar-refractivity contribution is 5.97. The zero-order chi connectivity index (χ0) is 12.7. The van der Waals surface area contributed by atoms with Crippen molar-refractivity contribution in [3.05, 3.63) is 47.9 Å². The maximum atomic E-state index is 4.52. The molecule has 0 amide bonds. The van der Waals surface area contributed by atoms with Crippen LogP contribution < -0.4 is 4.57 Å². The van der Waals surface area contributed by atoms with E-state index in [1.54, 1.807) is 0 Å². The van der Waals surface area contributed by atoms with E-state index in [9.17, 15) is 0 Å². The Hall–Kier alpha value is -1.96. The fraction of sp³-hybridized carbons (Fsp3) is 0.250. The van der Waals surface area contributed by atoms with E-state index in [0.29, 0.717) is 0 Å². The molecule has 0 N–H and O–H groups in total. The number of aryl methyl sites for hydroxylation is 3. The number of fused-ring (bicyclic) bond motifs is 2. The summed E-state index contributed by atoms with van der Waals surface area (Å²) < 4.78 is 2.12. The number of aromatic nitrogens is 2. The third-order valence-electron chi connectivity index (χ3n) is 3.55. The van der Waals surface area contributed by atoms with Gasteiger partial charge in [0.2, 0.25) is 0 Å². The van der Waals surface area contributed by atoms with E-state index in [1.165, 1.54) is 27.4 Å². The van der Waals surface area contributed by atoms with E-state index < -0.39 is 0 Å². The van der Waals surface area contributed by atoms with Gasteiger partial charge in [-0.15, -0.1) is 0 Å². The molecular weight excluding hydrogens is 220 g/mol. The molecule has 0 saturated carbocycles. The van der Waals surface area contributed by atoms with Crippen molar-refractivity contribution in [1.82, 2.24) is 4.98 Å². The maximum absolute atomic E-state index is 4.52. The largest absolute Gasteiger partial charge is 0.286 e. The molecule has 1 aromatic heterocycles. The average Bonchev–Trinajstić information content (AvgIpc) is 2.36. The quantitative estimate of drug-likeness (QED) is 0.469. The normalized spacial score (nSPS) is 11.3. The Morgan fingerprint density at radius 2 is 1.94 bits per heavy atom. The third kappa shape index (κ3) is 1.65. The Labute approximate surface area is 107 Å². The predicted octanol–water partition coefficient (Wildman–Crippen LogP) is 3.08. The minimum Gasteiger partial charge on any atom is -0.236 e. The Kier molecular flexibility index (Phi) is 2.51. The van der Waals surface area contributed by atoms with Gasteiger partial charge in [-0.2, -0.15) is 0 Å². The monoisotopic (exact) mass is 237 g/mol. The number of hydrogen-bond acceptors (Lipinski definition) is 1. The minimum absolute atomic E-state index is 1.02. The van der Waals surface area contributed by atoms with Crippen LogP contribution in [0.4, 0.5) is 0 Å². The second-order valence-electron chi connectivity index (χ2n) is 4.88. The van der Waals surface area contributed by atoms with Gasteiger partial charge < -0.3 is 0 Å². The maximum Gasteiger partial charge on any atom is 0.286 e. The first kappa shape index (κ1) is 11.1. The van der Waals surface area contributed by atoms with Crippen molar-refractivity contribution in [2.45, 2.75) is 20.3 Å². The van der Waals surface area contributed by atoms with Crippen LogP contribution in [0.15, 0.2) is 36.7 Å². The summed E-state index contributed by atoms with van der Waals surface area (Å²) in [6.07, 6.45) is 2.92. The van der Waals surface area contributed by atoms with Crippen molar-refractivity contribution in [2.75, 3.05) is 0 Å². The van der Waals surface area contributed by atoms with Gasteiger partial charge in [-0.1, -0.05) is 30.7 Å². The van der Waals surface area contributed by atoms with Crippen molar-refractivity contribution in [3.8, 4) is 0 Å². The Morgan fingerprint density at radius 3 is 2.72 bits per heavy atom. The molecule has 90 valence electrons. The molecule has 2 aromatic carbocycles. The molecule has 0 aliphatic rings. The highest BCUT2D eigenvalue weighted by atomic mass is 15.0. The molecule has 0 radical (unpaired) electrons. The van der Waals surface area contributed by atoms with Crippen molar-refractivity contribution < 1.29 is 4.57 Å². The Balaban J connectivity index is 2.45. The average molecular weight is 237 g/mol. The van der Waals surface area contributed by atoms with Crippen LogP contribution in [0, 0.1) is 6.92 Å². The number of nitrogens with zero attached hydrogens (tertiary/aromatic N) is 2. The first-order valence-electron chi connectivity index (χ1n) is 6.36. The van der Waals surface area contributed by atoms with Crippen LogP contribution in [-0.2, 0) is 13.5 Å². The summed E-state index contributed by atoms with van der Waals surface area (Å²) >= 11 is 0. The molecular formula is C16H17N2+. The zero-order valence-electron chi connectivity index (χ0n) is 11.1. The summed E-state index contributed by atoms with van der Waals surface area (Å²) in [7, 11) is 2.06. The van der Waals surface area contributed by atoms with Crippen molar-refractivity contribution in [3.63, 3.8) is 0 Å². The number of rotatable bonds is 1. The second-order valence-corrected chi connectivity index (χ2v) is 4.88. The molecule has 3 rings (SSSR count). The lowest BCUT2D eigenvalue weighted by atomic mass is 10.0. The van der Waals surface area contributed by atoms with Gasteiger partial charge in [-0.05, 0) is 34.8 Å². The molecule has 0 bridgehead atoms. The third-order valence-corrected chi connectivity index (χ3v) is 3.55. The van der Waals surface area contributed by atoms with Crippen LogP contribution in [0.1, 0.15) is 18.2 Å². The fourth-order valence-electron chi connectivity index (χ4n) is 2.59. The molecule has 18 heavy (non-hydrogen) atoms. The summed E-state index contributed by atoms with van der Waals surface area (Å²) in [5.74, 6) is 0. The zero-order valence-corrected chi connectivity index (χ0v) is 11.1. The SMILES string of the molecule is CCc1c2cc3cc(C)ccc3cc2nc[n+]1C. The minimum atomic E-state index is 1.02. The summed E-state index contributed by atoms with van der Waals surface area (Å²) in [6.45, 7) is 4.32. The summed E-state index contributed by atoms with van der Waals surface area (Å²) in [4.78, 5) is 4.52. The molecule has 2 nitrogen and oxygen atoms in total. The summed E-state index contributed by atoms with van der Waals surface area (Å²) in [5.41, 5.74) is 3.72.